The zero-order chi connectivity index (χ0) is 13.8. The van der Waals surface area contributed by atoms with Crippen molar-refractivity contribution in [3.63, 3.8) is 0 Å². The summed E-state index contributed by atoms with van der Waals surface area (Å²) < 4.78 is 31.5. The normalized spacial score (nSPS) is 12.2. The fraction of sp³-hybridized carbons (Fsp3) is 0.214. The molecule has 0 bridgehead atoms. The molecule has 0 saturated heterocycles. The minimum absolute atomic E-state index is 0.203. The highest BCUT2D eigenvalue weighted by Crippen LogP contribution is 2.25. The molecule has 0 saturated carbocycles. The van der Waals surface area contributed by atoms with Crippen LogP contribution in [0.2, 0.25) is 0 Å². The van der Waals surface area contributed by atoms with Gasteiger partial charge in [0, 0.05) is 6.07 Å². The highest BCUT2D eigenvalue weighted by atomic mass is 19.1. The molecular formula is C14H13F2NO2. The summed E-state index contributed by atoms with van der Waals surface area (Å²) in [6, 6.07) is 6.10. The summed E-state index contributed by atoms with van der Waals surface area (Å²) in [7, 11) is 0. The Balaban J connectivity index is 2.17. The van der Waals surface area contributed by atoms with Crippen LogP contribution in [0.3, 0.4) is 0 Å². The fourth-order valence-corrected chi connectivity index (χ4v) is 1.54. The molecular weight excluding hydrogens is 252 g/mol. The van der Waals surface area contributed by atoms with E-state index in [1.165, 1.54) is 6.20 Å². The van der Waals surface area contributed by atoms with Crippen LogP contribution in [0, 0.1) is 11.6 Å². The van der Waals surface area contributed by atoms with Gasteiger partial charge in [-0.25, -0.2) is 8.78 Å². The van der Waals surface area contributed by atoms with Crippen molar-refractivity contribution in [1.29, 1.82) is 0 Å². The lowest BCUT2D eigenvalue weighted by molar-refractivity contribution is 0.169. The van der Waals surface area contributed by atoms with E-state index in [0.29, 0.717) is 12.1 Å². The van der Waals surface area contributed by atoms with Crippen LogP contribution in [0.25, 0.3) is 0 Å². The molecule has 5 heteroatoms. The lowest BCUT2D eigenvalue weighted by atomic mass is 10.2. The monoisotopic (exact) mass is 265 g/mol. The molecule has 1 aromatic heterocycles. The molecule has 1 atom stereocenters. The molecule has 0 aliphatic heterocycles. The highest BCUT2D eigenvalue weighted by molar-refractivity contribution is 5.31. The Labute approximate surface area is 109 Å². The van der Waals surface area contributed by atoms with Crippen LogP contribution in [0.1, 0.15) is 25.1 Å². The van der Waals surface area contributed by atoms with E-state index in [4.69, 9.17) is 4.74 Å². The lowest BCUT2D eigenvalue weighted by Gasteiger charge is -2.09. The van der Waals surface area contributed by atoms with E-state index in [-0.39, 0.29) is 11.5 Å². The Kier molecular flexibility index (Phi) is 4.06. The van der Waals surface area contributed by atoms with E-state index in [1.54, 1.807) is 12.1 Å². The van der Waals surface area contributed by atoms with Gasteiger partial charge in [0.1, 0.15) is 11.6 Å². The van der Waals surface area contributed by atoms with Crippen molar-refractivity contribution in [1.82, 2.24) is 4.98 Å². The van der Waals surface area contributed by atoms with Gasteiger partial charge in [-0.05, 0) is 30.7 Å². The third-order valence-electron chi connectivity index (χ3n) is 2.61. The minimum atomic E-state index is -0.654. The maximum atomic E-state index is 13.4. The molecule has 0 aliphatic rings. The molecule has 0 unspecified atom stereocenters. The molecule has 0 radical (unpaired) electrons. The highest BCUT2D eigenvalue weighted by Gasteiger charge is 2.09. The van der Waals surface area contributed by atoms with Gasteiger partial charge >= 0.3 is 0 Å². The number of benzene rings is 1. The largest absolute Gasteiger partial charge is 0.453 e. The summed E-state index contributed by atoms with van der Waals surface area (Å²) in [4.78, 5) is 4.01. The Morgan fingerprint density at radius 3 is 2.68 bits per heavy atom. The summed E-state index contributed by atoms with van der Waals surface area (Å²) in [6.45, 7) is 1.83. The number of hydrogen-bond acceptors (Lipinski definition) is 3. The second-order valence-electron chi connectivity index (χ2n) is 4.02. The van der Waals surface area contributed by atoms with Crippen LogP contribution < -0.4 is 4.74 Å². The number of halogens is 2. The van der Waals surface area contributed by atoms with Crippen LogP contribution in [-0.4, -0.2) is 10.1 Å². The molecule has 0 spiro atoms. The van der Waals surface area contributed by atoms with Crippen molar-refractivity contribution < 1.29 is 18.6 Å². The van der Waals surface area contributed by atoms with Crippen molar-refractivity contribution in [3.8, 4) is 11.5 Å². The van der Waals surface area contributed by atoms with Crippen molar-refractivity contribution >= 4 is 0 Å². The third-order valence-corrected chi connectivity index (χ3v) is 2.61. The van der Waals surface area contributed by atoms with E-state index in [9.17, 15) is 13.9 Å². The molecule has 100 valence electrons. The first-order chi connectivity index (χ1) is 9.10. The van der Waals surface area contributed by atoms with E-state index < -0.39 is 17.7 Å². The molecule has 1 heterocycles. The summed E-state index contributed by atoms with van der Waals surface area (Å²) in [5.74, 6) is -1.16. The van der Waals surface area contributed by atoms with E-state index in [1.807, 2.05) is 6.92 Å². The molecule has 1 aromatic carbocycles. The molecule has 1 N–H and O–H groups in total. The number of ether oxygens (including phenoxy) is 1. The lowest BCUT2D eigenvalue weighted by Crippen LogP contribution is -1.98. The number of aromatic nitrogens is 1. The van der Waals surface area contributed by atoms with Crippen molar-refractivity contribution in [2.75, 3.05) is 0 Å². The van der Waals surface area contributed by atoms with Gasteiger partial charge in [-0.1, -0.05) is 6.92 Å². The van der Waals surface area contributed by atoms with Gasteiger partial charge in [0.15, 0.2) is 11.6 Å². The Morgan fingerprint density at radius 1 is 1.26 bits per heavy atom. The van der Waals surface area contributed by atoms with Crippen LogP contribution in [-0.2, 0) is 0 Å². The maximum absolute atomic E-state index is 13.4. The minimum Gasteiger partial charge on any atom is -0.453 e. The molecule has 0 aliphatic carbocycles. The molecule has 3 nitrogen and oxygen atoms in total. The summed E-state index contributed by atoms with van der Waals surface area (Å²) in [5, 5.41) is 9.58. The number of aliphatic hydroxyl groups is 1. The predicted molar refractivity (Wildman–Crippen MR) is 65.9 cm³/mol. The fourth-order valence-electron chi connectivity index (χ4n) is 1.54. The zero-order valence-electron chi connectivity index (χ0n) is 10.3. The third kappa shape index (κ3) is 3.26. The van der Waals surface area contributed by atoms with Gasteiger partial charge in [-0.15, -0.1) is 0 Å². The number of aliphatic hydroxyl groups excluding tert-OH is 1. The van der Waals surface area contributed by atoms with Crippen molar-refractivity contribution in [3.05, 3.63) is 53.9 Å². The topological polar surface area (TPSA) is 42.4 Å². The first-order valence-electron chi connectivity index (χ1n) is 5.87. The SMILES string of the molecule is CC[C@@H](O)c1ccc(Oc2cc(F)ccc2F)cn1. The second-order valence-corrected chi connectivity index (χ2v) is 4.02. The van der Waals surface area contributed by atoms with Gasteiger partial charge in [-0.2, -0.15) is 0 Å². The van der Waals surface area contributed by atoms with Crippen molar-refractivity contribution in [2.24, 2.45) is 0 Å². The van der Waals surface area contributed by atoms with Crippen LogP contribution >= 0.6 is 0 Å². The number of rotatable bonds is 4. The molecule has 2 aromatic rings. The summed E-state index contributed by atoms with van der Waals surface area (Å²) in [5.41, 5.74) is 0.509. The Bertz CT molecular complexity index is 558. The van der Waals surface area contributed by atoms with Gasteiger partial charge in [0.2, 0.25) is 0 Å². The summed E-state index contributed by atoms with van der Waals surface area (Å²) >= 11 is 0. The number of hydrogen-bond donors (Lipinski definition) is 1. The van der Waals surface area contributed by atoms with Crippen LogP contribution in [0.15, 0.2) is 36.5 Å². The molecule has 0 fully saturated rings. The predicted octanol–water partition coefficient (Wildman–Crippen LogP) is 3.60. The summed E-state index contributed by atoms with van der Waals surface area (Å²) in [6.07, 6.45) is 1.27. The Morgan fingerprint density at radius 2 is 2.05 bits per heavy atom. The van der Waals surface area contributed by atoms with Gasteiger partial charge < -0.3 is 9.84 Å². The van der Waals surface area contributed by atoms with Gasteiger partial charge in [0.25, 0.3) is 0 Å². The molecule has 0 amide bonds. The Hall–Kier alpha value is -2.01. The molecule has 19 heavy (non-hydrogen) atoms. The van der Waals surface area contributed by atoms with Crippen LogP contribution in [0.4, 0.5) is 8.78 Å². The maximum Gasteiger partial charge on any atom is 0.166 e. The quantitative estimate of drug-likeness (QED) is 0.918. The van der Waals surface area contributed by atoms with Crippen LogP contribution in [0.5, 0.6) is 11.5 Å². The average molecular weight is 265 g/mol. The van der Waals surface area contributed by atoms with Gasteiger partial charge in [-0.3, -0.25) is 4.98 Å². The van der Waals surface area contributed by atoms with Gasteiger partial charge in [0.05, 0.1) is 18.0 Å². The number of nitrogens with zero attached hydrogens (tertiary/aromatic N) is 1. The van der Waals surface area contributed by atoms with E-state index in [0.717, 1.165) is 18.2 Å². The second kappa shape index (κ2) is 5.75. The van der Waals surface area contributed by atoms with Crippen molar-refractivity contribution in [2.45, 2.75) is 19.4 Å². The zero-order valence-corrected chi connectivity index (χ0v) is 10.3. The molecule has 2 rings (SSSR count). The van der Waals surface area contributed by atoms with E-state index in [2.05, 4.69) is 4.98 Å². The van der Waals surface area contributed by atoms with E-state index >= 15 is 0 Å². The first kappa shape index (κ1) is 13.4. The first-order valence-corrected chi connectivity index (χ1v) is 5.87. The smallest absolute Gasteiger partial charge is 0.166 e. The average Bonchev–Trinajstić information content (AvgIpc) is 2.43. The standard InChI is InChI=1S/C14H13F2NO2/c1-2-13(18)12-6-4-10(8-17-12)19-14-7-9(15)3-5-11(14)16/h3-8,13,18H,2H2,1H3/t13-/m1/s1. The number of pyridine rings is 1.